The number of benzene rings is 1. The fraction of sp³-hybridized carbons (Fsp3) is 0.389. The number of amides is 1. The monoisotopic (exact) mass is 345 g/mol. The lowest BCUT2D eigenvalue weighted by atomic mass is 9.78. The summed E-state index contributed by atoms with van der Waals surface area (Å²) in [6, 6.07) is 7.77. The number of aromatic amines is 1. The van der Waals surface area contributed by atoms with Crippen LogP contribution >= 0.6 is 0 Å². The van der Waals surface area contributed by atoms with Gasteiger partial charge in [-0.3, -0.25) is 9.59 Å². The van der Waals surface area contributed by atoms with Gasteiger partial charge in [0.05, 0.1) is 12.1 Å². The van der Waals surface area contributed by atoms with Crippen LogP contribution in [0.3, 0.4) is 0 Å². The normalized spacial score (nSPS) is 19.3. The van der Waals surface area contributed by atoms with Gasteiger partial charge in [-0.2, -0.15) is 0 Å². The van der Waals surface area contributed by atoms with Gasteiger partial charge in [0, 0.05) is 25.1 Å². The fourth-order valence-electron chi connectivity index (χ4n) is 3.01. The Balaban J connectivity index is 1.53. The molecule has 1 aromatic carbocycles. The average molecular weight is 345 g/mol. The van der Waals surface area contributed by atoms with Crippen molar-refractivity contribution in [3.05, 3.63) is 63.6 Å². The highest BCUT2D eigenvalue weighted by molar-refractivity contribution is 5.79. The third-order valence-corrected chi connectivity index (χ3v) is 4.32. The van der Waals surface area contributed by atoms with E-state index in [9.17, 15) is 14.0 Å². The number of hydrogen-bond donors (Lipinski definition) is 2. The first-order valence-corrected chi connectivity index (χ1v) is 8.17. The molecule has 7 heteroatoms. The molecule has 1 saturated carbocycles. The number of nitrogens with one attached hydrogen (secondary N) is 2. The van der Waals surface area contributed by atoms with E-state index in [-0.39, 0.29) is 42.3 Å². The molecule has 0 radical (unpaired) electrons. The molecule has 0 unspecified atom stereocenters. The number of methoxy groups -OCH3 is 1. The van der Waals surface area contributed by atoms with E-state index in [2.05, 4.69) is 15.3 Å². The molecule has 25 heavy (non-hydrogen) atoms. The zero-order chi connectivity index (χ0) is 17.8. The van der Waals surface area contributed by atoms with Crippen molar-refractivity contribution in [1.82, 2.24) is 15.3 Å². The Morgan fingerprint density at radius 2 is 2.16 bits per heavy atom. The van der Waals surface area contributed by atoms with Gasteiger partial charge in [-0.15, -0.1) is 0 Å². The quantitative estimate of drug-likeness (QED) is 0.834. The maximum Gasteiger partial charge on any atom is 0.251 e. The largest absolute Gasteiger partial charge is 0.377 e. The van der Waals surface area contributed by atoms with Crippen LogP contribution in [0.4, 0.5) is 4.39 Å². The van der Waals surface area contributed by atoms with Gasteiger partial charge in [-0.1, -0.05) is 18.2 Å². The summed E-state index contributed by atoms with van der Waals surface area (Å²) in [6.45, 7) is 0.249. The molecule has 1 amide bonds. The molecule has 1 aromatic heterocycles. The molecule has 0 aliphatic heterocycles. The second-order valence-electron chi connectivity index (χ2n) is 6.25. The number of hydrogen-bond acceptors (Lipinski definition) is 4. The van der Waals surface area contributed by atoms with Crippen molar-refractivity contribution in [2.24, 2.45) is 0 Å². The zero-order valence-electron chi connectivity index (χ0n) is 13.9. The molecule has 0 spiro atoms. The molecule has 1 aliphatic carbocycles. The number of ether oxygens (including phenoxy) is 1. The van der Waals surface area contributed by atoms with Gasteiger partial charge in [0.15, 0.2) is 0 Å². The van der Waals surface area contributed by atoms with Gasteiger partial charge in [0.1, 0.15) is 18.2 Å². The van der Waals surface area contributed by atoms with E-state index >= 15 is 0 Å². The predicted octanol–water partition coefficient (Wildman–Crippen LogP) is 1.66. The molecule has 0 bridgehead atoms. The number of nitrogens with zero attached hydrogens (tertiary/aromatic N) is 1. The SMILES string of the molecule is COCc1nc(C2CC(NC(=O)Cc3ccccc3F)C2)cc(=O)[nH]1. The Morgan fingerprint density at radius 3 is 2.88 bits per heavy atom. The van der Waals surface area contributed by atoms with Gasteiger partial charge >= 0.3 is 0 Å². The van der Waals surface area contributed by atoms with Gasteiger partial charge in [-0.25, -0.2) is 9.37 Å². The van der Waals surface area contributed by atoms with Crippen LogP contribution in [0.5, 0.6) is 0 Å². The molecule has 0 saturated heterocycles. The van der Waals surface area contributed by atoms with Gasteiger partial charge in [0.2, 0.25) is 5.91 Å². The molecule has 2 aromatic rings. The van der Waals surface area contributed by atoms with Crippen molar-refractivity contribution in [3.63, 3.8) is 0 Å². The maximum atomic E-state index is 13.6. The third-order valence-electron chi connectivity index (χ3n) is 4.32. The minimum Gasteiger partial charge on any atom is -0.377 e. The number of aromatic nitrogens is 2. The van der Waals surface area contributed by atoms with Crippen LogP contribution in [0.15, 0.2) is 35.1 Å². The summed E-state index contributed by atoms with van der Waals surface area (Å²) >= 11 is 0. The Labute approximate surface area is 144 Å². The molecule has 6 nitrogen and oxygen atoms in total. The van der Waals surface area contributed by atoms with E-state index in [4.69, 9.17) is 4.74 Å². The summed E-state index contributed by atoms with van der Waals surface area (Å²) in [5.41, 5.74) is 0.899. The summed E-state index contributed by atoms with van der Waals surface area (Å²) in [5, 5.41) is 2.90. The van der Waals surface area contributed by atoms with Crippen molar-refractivity contribution in [2.75, 3.05) is 7.11 Å². The van der Waals surface area contributed by atoms with Crippen molar-refractivity contribution in [3.8, 4) is 0 Å². The van der Waals surface area contributed by atoms with E-state index in [1.807, 2.05) is 0 Å². The first-order valence-electron chi connectivity index (χ1n) is 8.17. The Kier molecular flexibility index (Phi) is 5.23. The second-order valence-corrected chi connectivity index (χ2v) is 6.25. The highest BCUT2D eigenvalue weighted by atomic mass is 19.1. The number of rotatable bonds is 6. The van der Waals surface area contributed by atoms with E-state index in [1.165, 1.54) is 19.2 Å². The fourth-order valence-corrected chi connectivity index (χ4v) is 3.01. The lowest BCUT2D eigenvalue weighted by Gasteiger charge is -2.35. The molecule has 132 valence electrons. The van der Waals surface area contributed by atoms with Crippen LogP contribution in [-0.2, 0) is 22.6 Å². The molecular formula is C18H20FN3O3. The first kappa shape index (κ1) is 17.3. The van der Waals surface area contributed by atoms with Crippen LogP contribution in [-0.4, -0.2) is 29.0 Å². The smallest absolute Gasteiger partial charge is 0.251 e. The highest BCUT2D eigenvalue weighted by Gasteiger charge is 2.32. The van der Waals surface area contributed by atoms with Gasteiger partial charge < -0.3 is 15.0 Å². The minimum atomic E-state index is -0.373. The molecule has 3 rings (SSSR count). The van der Waals surface area contributed by atoms with Crippen LogP contribution in [0.1, 0.15) is 35.8 Å². The molecule has 0 atom stereocenters. The van der Waals surface area contributed by atoms with Gasteiger partial charge in [-0.05, 0) is 24.5 Å². The van der Waals surface area contributed by atoms with Crippen LogP contribution in [0.25, 0.3) is 0 Å². The summed E-state index contributed by atoms with van der Waals surface area (Å²) in [4.78, 5) is 30.7. The second kappa shape index (κ2) is 7.57. The van der Waals surface area contributed by atoms with E-state index < -0.39 is 0 Å². The van der Waals surface area contributed by atoms with E-state index in [0.29, 0.717) is 24.2 Å². The van der Waals surface area contributed by atoms with Crippen molar-refractivity contribution < 1.29 is 13.9 Å². The summed E-state index contributed by atoms with van der Waals surface area (Å²) in [7, 11) is 1.54. The Hall–Kier alpha value is -2.54. The Morgan fingerprint density at radius 1 is 1.40 bits per heavy atom. The molecule has 1 heterocycles. The number of H-pyrrole nitrogens is 1. The lowest BCUT2D eigenvalue weighted by Crippen LogP contribution is -2.44. The first-order chi connectivity index (χ1) is 12.0. The number of halogens is 1. The topological polar surface area (TPSA) is 84.1 Å². The summed E-state index contributed by atoms with van der Waals surface area (Å²) < 4.78 is 18.6. The molecule has 1 aliphatic rings. The number of carbonyl (C=O) groups excluding carboxylic acids is 1. The van der Waals surface area contributed by atoms with Crippen molar-refractivity contribution in [1.29, 1.82) is 0 Å². The van der Waals surface area contributed by atoms with Crippen molar-refractivity contribution >= 4 is 5.91 Å². The third kappa shape index (κ3) is 4.30. The lowest BCUT2D eigenvalue weighted by molar-refractivity contribution is -0.121. The molecular weight excluding hydrogens is 325 g/mol. The summed E-state index contributed by atoms with van der Waals surface area (Å²) in [6.07, 6.45) is 1.45. The van der Waals surface area contributed by atoms with E-state index in [0.717, 1.165) is 5.69 Å². The molecule has 2 N–H and O–H groups in total. The minimum absolute atomic E-state index is 0.0229. The van der Waals surface area contributed by atoms with Gasteiger partial charge in [0.25, 0.3) is 5.56 Å². The molecule has 1 fully saturated rings. The predicted molar refractivity (Wildman–Crippen MR) is 89.6 cm³/mol. The number of carbonyl (C=O) groups is 1. The highest BCUT2D eigenvalue weighted by Crippen LogP contribution is 2.35. The van der Waals surface area contributed by atoms with Crippen molar-refractivity contribution in [2.45, 2.75) is 37.8 Å². The maximum absolute atomic E-state index is 13.6. The Bertz CT molecular complexity index is 815. The standard InChI is InChI=1S/C18H20FN3O3/c1-25-10-16-21-15(9-18(24)22-16)12-6-13(7-12)20-17(23)8-11-4-2-3-5-14(11)19/h2-5,9,12-13H,6-8,10H2,1H3,(H,20,23)(H,21,22,24). The van der Waals surface area contributed by atoms with Crippen LogP contribution in [0.2, 0.25) is 0 Å². The van der Waals surface area contributed by atoms with Crippen LogP contribution in [0, 0.1) is 5.82 Å². The average Bonchev–Trinajstić information content (AvgIpc) is 2.52. The zero-order valence-corrected chi connectivity index (χ0v) is 13.9. The van der Waals surface area contributed by atoms with Crippen LogP contribution < -0.4 is 10.9 Å². The summed E-state index contributed by atoms with van der Waals surface area (Å²) in [5.74, 6) is 0.0590. The van der Waals surface area contributed by atoms with E-state index in [1.54, 1.807) is 18.2 Å².